The van der Waals surface area contributed by atoms with E-state index in [1.54, 1.807) is 0 Å². The Bertz CT molecular complexity index is 61.6. The van der Waals surface area contributed by atoms with Crippen LogP contribution in [0.1, 0.15) is 40.0 Å². The Morgan fingerprint density at radius 2 is 1.89 bits per heavy atom. The van der Waals surface area contributed by atoms with Gasteiger partial charge in [-0.3, -0.25) is 0 Å². The van der Waals surface area contributed by atoms with Gasteiger partial charge in [-0.2, -0.15) is 0 Å². The van der Waals surface area contributed by atoms with Gasteiger partial charge < -0.3 is 0 Å². The molecule has 0 saturated carbocycles. The molecule has 0 aliphatic rings. The van der Waals surface area contributed by atoms with Crippen LogP contribution in [0.5, 0.6) is 0 Å². The van der Waals surface area contributed by atoms with Gasteiger partial charge in [0.1, 0.15) is 6.17 Å². The zero-order chi connectivity index (χ0) is 7.28. The molecule has 9 heavy (non-hydrogen) atoms. The van der Waals surface area contributed by atoms with Gasteiger partial charge in [0, 0.05) is 0 Å². The monoisotopic (exact) mass is 132 g/mol. The van der Waals surface area contributed by atoms with Crippen LogP contribution in [0.2, 0.25) is 0 Å². The fourth-order valence-electron chi connectivity index (χ4n) is 0.816. The third-order valence-electron chi connectivity index (χ3n) is 1.83. The van der Waals surface area contributed by atoms with Crippen molar-refractivity contribution in [3.8, 4) is 0 Å². The summed E-state index contributed by atoms with van der Waals surface area (Å²) in [5.74, 6) is 0.255. The molecule has 0 nitrogen and oxygen atoms in total. The number of hydrogen-bond acceptors (Lipinski definition) is 0. The minimum atomic E-state index is -0.569. The third kappa shape index (κ3) is 3.50. The molecule has 56 valence electrons. The van der Waals surface area contributed by atoms with Crippen LogP contribution in [-0.2, 0) is 0 Å². The van der Waals surface area contributed by atoms with Gasteiger partial charge in [0.25, 0.3) is 0 Å². The molecule has 0 radical (unpaired) electrons. The van der Waals surface area contributed by atoms with E-state index in [-0.39, 0.29) is 5.92 Å². The van der Waals surface area contributed by atoms with Crippen LogP contribution in [0.3, 0.4) is 0 Å². The molecule has 0 N–H and O–H groups in total. The first-order chi connectivity index (χ1) is 4.22. The molecule has 0 bridgehead atoms. The predicted molar refractivity (Wildman–Crippen MR) is 39.3 cm³/mol. The lowest BCUT2D eigenvalue weighted by molar-refractivity contribution is 0.221. The van der Waals surface area contributed by atoms with Crippen molar-refractivity contribution in [1.29, 1.82) is 0 Å². The van der Waals surface area contributed by atoms with Crippen molar-refractivity contribution in [3.05, 3.63) is 0 Å². The normalized spacial score (nSPS) is 17.3. The van der Waals surface area contributed by atoms with Crippen LogP contribution >= 0.6 is 0 Å². The van der Waals surface area contributed by atoms with Crippen molar-refractivity contribution in [2.75, 3.05) is 0 Å². The van der Waals surface area contributed by atoms with E-state index in [2.05, 4.69) is 0 Å². The van der Waals surface area contributed by atoms with Gasteiger partial charge in [-0.1, -0.05) is 33.6 Å². The minimum Gasteiger partial charge on any atom is -0.247 e. The maximum absolute atomic E-state index is 12.8. The standard InChI is InChI=1S/C8H17F/c1-4-6-8(9)7(3)5-2/h7-8H,4-6H2,1-3H3. The molecular formula is C8H17F. The lowest BCUT2D eigenvalue weighted by Crippen LogP contribution is -2.10. The first-order valence-electron chi connectivity index (χ1n) is 3.86. The quantitative estimate of drug-likeness (QED) is 0.551. The minimum absolute atomic E-state index is 0.255. The molecule has 0 aliphatic heterocycles. The predicted octanol–water partition coefficient (Wildman–Crippen LogP) is 3.17. The van der Waals surface area contributed by atoms with Crippen LogP contribution in [0, 0.1) is 5.92 Å². The summed E-state index contributed by atoms with van der Waals surface area (Å²) < 4.78 is 12.8. The first-order valence-corrected chi connectivity index (χ1v) is 3.86. The molecule has 0 aromatic rings. The summed E-state index contributed by atoms with van der Waals surface area (Å²) in [7, 11) is 0. The zero-order valence-corrected chi connectivity index (χ0v) is 6.65. The fraction of sp³-hybridized carbons (Fsp3) is 1.00. The highest BCUT2D eigenvalue weighted by atomic mass is 19.1. The van der Waals surface area contributed by atoms with Crippen molar-refractivity contribution >= 4 is 0 Å². The van der Waals surface area contributed by atoms with Gasteiger partial charge in [0.2, 0.25) is 0 Å². The van der Waals surface area contributed by atoms with Gasteiger partial charge in [0.05, 0.1) is 0 Å². The van der Waals surface area contributed by atoms with E-state index in [1.165, 1.54) is 0 Å². The van der Waals surface area contributed by atoms with Crippen LogP contribution < -0.4 is 0 Å². The van der Waals surface area contributed by atoms with Gasteiger partial charge in [-0.25, -0.2) is 4.39 Å². The van der Waals surface area contributed by atoms with Crippen LogP contribution in [-0.4, -0.2) is 6.17 Å². The van der Waals surface area contributed by atoms with Gasteiger partial charge >= 0.3 is 0 Å². The first kappa shape index (κ1) is 8.93. The van der Waals surface area contributed by atoms with Crippen LogP contribution in [0.15, 0.2) is 0 Å². The maximum atomic E-state index is 12.8. The molecule has 0 amide bonds. The molecule has 0 fully saturated rings. The van der Waals surface area contributed by atoms with Crippen LogP contribution in [0.4, 0.5) is 4.39 Å². The summed E-state index contributed by atoms with van der Waals surface area (Å²) in [4.78, 5) is 0. The Balaban J connectivity index is 3.32. The van der Waals surface area contributed by atoms with Crippen molar-refractivity contribution < 1.29 is 4.39 Å². The second kappa shape index (κ2) is 4.78. The average molecular weight is 132 g/mol. The zero-order valence-electron chi connectivity index (χ0n) is 6.65. The number of alkyl halides is 1. The lowest BCUT2D eigenvalue weighted by Gasteiger charge is -2.12. The molecule has 0 spiro atoms. The molecule has 0 heterocycles. The van der Waals surface area contributed by atoms with Gasteiger partial charge in [-0.15, -0.1) is 0 Å². The van der Waals surface area contributed by atoms with E-state index in [0.717, 1.165) is 19.3 Å². The van der Waals surface area contributed by atoms with Gasteiger partial charge in [0.15, 0.2) is 0 Å². The smallest absolute Gasteiger partial charge is 0.103 e. The van der Waals surface area contributed by atoms with Crippen LogP contribution in [0.25, 0.3) is 0 Å². The molecule has 0 rings (SSSR count). The third-order valence-corrected chi connectivity index (χ3v) is 1.83. The Kier molecular flexibility index (Phi) is 4.74. The topological polar surface area (TPSA) is 0 Å². The Labute approximate surface area is 57.5 Å². The Morgan fingerprint density at radius 1 is 1.33 bits per heavy atom. The number of hydrogen-bond donors (Lipinski definition) is 0. The van der Waals surface area contributed by atoms with E-state index >= 15 is 0 Å². The summed E-state index contributed by atoms with van der Waals surface area (Å²) in [6.07, 6.45) is 2.08. The van der Waals surface area contributed by atoms with Crippen molar-refractivity contribution in [1.82, 2.24) is 0 Å². The summed E-state index contributed by atoms with van der Waals surface area (Å²) in [6.45, 7) is 6.03. The van der Waals surface area contributed by atoms with Crippen molar-refractivity contribution in [2.24, 2.45) is 5.92 Å². The van der Waals surface area contributed by atoms with E-state index in [1.807, 2.05) is 20.8 Å². The molecule has 0 saturated heterocycles. The SMILES string of the molecule is CCCC(F)C(C)CC. The van der Waals surface area contributed by atoms with E-state index in [4.69, 9.17) is 0 Å². The Hall–Kier alpha value is -0.0700. The summed E-state index contributed by atoms with van der Waals surface area (Å²) in [5, 5.41) is 0. The molecule has 2 atom stereocenters. The number of rotatable bonds is 4. The van der Waals surface area contributed by atoms with Crippen molar-refractivity contribution in [2.45, 2.75) is 46.2 Å². The molecule has 0 aromatic heterocycles. The second-order valence-corrected chi connectivity index (χ2v) is 2.69. The summed E-state index contributed by atoms with van der Waals surface area (Å²) in [5.41, 5.74) is 0. The van der Waals surface area contributed by atoms with E-state index < -0.39 is 6.17 Å². The van der Waals surface area contributed by atoms with Crippen molar-refractivity contribution in [3.63, 3.8) is 0 Å². The van der Waals surface area contributed by atoms with E-state index in [0.29, 0.717) is 0 Å². The molecule has 2 unspecified atom stereocenters. The average Bonchev–Trinajstić information content (AvgIpc) is 1.87. The lowest BCUT2D eigenvalue weighted by atomic mass is 10.00. The molecule has 0 aliphatic carbocycles. The highest BCUT2D eigenvalue weighted by Crippen LogP contribution is 2.15. The fourth-order valence-corrected chi connectivity index (χ4v) is 0.816. The highest BCUT2D eigenvalue weighted by Gasteiger charge is 2.11. The summed E-state index contributed by atoms with van der Waals surface area (Å²) in [6, 6.07) is 0. The largest absolute Gasteiger partial charge is 0.247 e. The Morgan fingerprint density at radius 3 is 2.22 bits per heavy atom. The number of halogens is 1. The molecular weight excluding hydrogens is 115 g/mol. The second-order valence-electron chi connectivity index (χ2n) is 2.69. The maximum Gasteiger partial charge on any atom is 0.103 e. The summed E-state index contributed by atoms with van der Waals surface area (Å²) >= 11 is 0. The molecule has 0 aromatic carbocycles. The van der Waals surface area contributed by atoms with E-state index in [9.17, 15) is 4.39 Å². The highest BCUT2D eigenvalue weighted by molar-refractivity contribution is 4.61. The van der Waals surface area contributed by atoms with Gasteiger partial charge in [-0.05, 0) is 12.3 Å². The molecule has 1 heteroatoms.